The maximum absolute atomic E-state index is 4.89. The van der Waals surface area contributed by atoms with Gasteiger partial charge in [0, 0.05) is 27.8 Å². The number of fused-ring (bicyclic) bond motifs is 1. The van der Waals surface area contributed by atoms with Crippen LogP contribution in [0.4, 0.5) is 0 Å². The Labute approximate surface area is 239 Å². The Morgan fingerprint density at radius 2 is 0.829 bits per heavy atom. The van der Waals surface area contributed by atoms with Gasteiger partial charge in [0.05, 0.1) is 5.52 Å². The molecule has 0 aliphatic heterocycles. The summed E-state index contributed by atoms with van der Waals surface area (Å²) < 4.78 is 0. The van der Waals surface area contributed by atoms with E-state index in [1.807, 2.05) is 67.6 Å². The summed E-state index contributed by atoms with van der Waals surface area (Å²) in [5.74, 6) is 1.96. The van der Waals surface area contributed by atoms with Crippen molar-refractivity contribution in [3.05, 3.63) is 145 Å². The third-order valence-corrected chi connectivity index (χ3v) is 7.20. The Bertz CT molecular complexity index is 1930. The lowest BCUT2D eigenvalue weighted by Crippen LogP contribution is -2.00. The number of aryl methyl sites for hydroxylation is 1. The maximum Gasteiger partial charge on any atom is 0.164 e. The molecule has 0 amide bonds. The first-order chi connectivity index (χ1) is 20.2. The number of pyridine rings is 1. The Morgan fingerprint density at radius 1 is 0.341 bits per heavy atom. The first-order valence-corrected chi connectivity index (χ1v) is 13.7. The van der Waals surface area contributed by atoms with Crippen LogP contribution in [0.3, 0.4) is 0 Å². The summed E-state index contributed by atoms with van der Waals surface area (Å²) in [7, 11) is 0. The Hall–Kier alpha value is -5.48. The van der Waals surface area contributed by atoms with Crippen molar-refractivity contribution in [2.75, 3.05) is 0 Å². The zero-order valence-corrected chi connectivity index (χ0v) is 22.6. The molecule has 5 aromatic carbocycles. The lowest BCUT2D eigenvalue weighted by atomic mass is 9.98. The van der Waals surface area contributed by atoms with E-state index in [-0.39, 0.29) is 0 Å². The molecule has 2 aromatic heterocycles. The van der Waals surface area contributed by atoms with E-state index in [1.165, 1.54) is 11.1 Å². The summed E-state index contributed by atoms with van der Waals surface area (Å²) in [6, 6.07) is 47.8. The van der Waals surface area contributed by atoms with Crippen molar-refractivity contribution >= 4 is 10.9 Å². The van der Waals surface area contributed by atoms with E-state index in [1.54, 1.807) is 0 Å². The van der Waals surface area contributed by atoms with Gasteiger partial charge in [-0.2, -0.15) is 0 Å². The van der Waals surface area contributed by atoms with Gasteiger partial charge in [-0.15, -0.1) is 0 Å². The number of nitrogens with zero attached hydrogens (tertiary/aromatic N) is 4. The van der Waals surface area contributed by atoms with Crippen LogP contribution in [-0.2, 0) is 0 Å². The van der Waals surface area contributed by atoms with E-state index >= 15 is 0 Å². The molecule has 4 heteroatoms. The van der Waals surface area contributed by atoms with Gasteiger partial charge in [0.1, 0.15) is 0 Å². The van der Waals surface area contributed by atoms with Crippen molar-refractivity contribution in [2.45, 2.75) is 6.92 Å². The molecule has 0 bridgehead atoms. The van der Waals surface area contributed by atoms with Crippen LogP contribution < -0.4 is 0 Å². The van der Waals surface area contributed by atoms with Crippen LogP contribution in [0.5, 0.6) is 0 Å². The van der Waals surface area contributed by atoms with Crippen molar-refractivity contribution in [3.8, 4) is 56.4 Å². The zero-order valence-electron chi connectivity index (χ0n) is 22.6. The summed E-state index contributed by atoms with van der Waals surface area (Å²) in [5.41, 5.74) is 9.50. The second-order valence-electron chi connectivity index (χ2n) is 10.1. The molecule has 0 saturated heterocycles. The lowest BCUT2D eigenvalue weighted by molar-refractivity contribution is 1.07. The monoisotopic (exact) mass is 526 g/mol. The molecule has 2 heterocycles. The molecule has 0 saturated carbocycles. The number of hydrogen-bond acceptors (Lipinski definition) is 4. The number of benzene rings is 5. The highest BCUT2D eigenvalue weighted by Crippen LogP contribution is 2.30. The summed E-state index contributed by atoms with van der Waals surface area (Å²) >= 11 is 0. The highest BCUT2D eigenvalue weighted by atomic mass is 15.0. The van der Waals surface area contributed by atoms with Crippen molar-refractivity contribution in [3.63, 3.8) is 0 Å². The first kappa shape index (κ1) is 24.6. The van der Waals surface area contributed by atoms with Gasteiger partial charge in [-0.1, -0.05) is 115 Å². The molecule has 7 aromatic rings. The topological polar surface area (TPSA) is 51.6 Å². The minimum Gasteiger partial charge on any atom is -0.253 e. The highest BCUT2D eigenvalue weighted by Gasteiger charge is 2.13. The normalized spacial score (nSPS) is 11.0. The van der Waals surface area contributed by atoms with Crippen LogP contribution in [0, 0.1) is 6.92 Å². The molecule has 7 rings (SSSR count). The minimum atomic E-state index is 0.649. The SMILES string of the molecule is Cc1ccc2cc(-c3ccc(-c4cccc(-c5nc(-c6ccccc6)nc(-c6ccccc6)n5)c4)cc3)ccc2n1. The Kier molecular flexibility index (Phi) is 6.34. The van der Waals surface area contributed by atoms with Crippen molar-refractivity contribution in [1.82, 2.24) is 19.9 Å². The first-order valence-electron chi connectivity index (χ1n) is 13.7. The summed E-state index contributed by atoms with van der Waals surface area (Å²) in [6.45, 7) is 2.02. The molecule has 0 aliphatic rings. The quantitative estimate of drug-likeness (QED) is 0.224. The minimum absolute atomic E-state index is 0.649. The van der Waals surface area contributed by atoms with Crippen molar-refractivity contribution in [1.29, 1.82) is 0 Å². The molecule has 0 aliphatic carbocycles. The smallest absolute Gasteiger partial charge is 0.164 e. The van der Waals surface area contributed by atoms with E-state index in [4.69, 9.17) is 15.0 Å². The van der Waals surface area contributed by atoms with Gasteiger partial charge in [-0.25, -0.2) is 15.0 Å². The summed E-state index contributed by atoms with van der Waals surface area (Å²) in [5, 5.41) is 1.15. The third kappa shape index (κ3) is 5.11. The molecule has 41 heavy (non-hydrogen) atoms. The van der Waals surface area contributed by atoms with Gasteiger partial charge in [-0.3, -0.25) is 4.98 Å². The highest BCUT2D eigenvalue weighted by molar-refractivity contribution is 5.85. The number of aromatic nitrogens is 4. The molecule has 0 atom stereocenters. The molecule has 0 unspecified atom stereocenters. The largest absolute Gasteiger partial charge is 0.253 e. The van der Waals surface area contributed by atoms with Gasteiger partial charge in [0.15, 0.2) is 17.5 Å². The molecule has 4 nitrogen and oxygen atoms in total. The van der Waals surface area contributed by atoms with Gasteiger partial charge in [-0.05, 0) is 53.4 Å². The zero-order chi connectivity index (χ0) is 27.6. The van der Waals surface area contributed by atoms with E-state index in [0.29, 0.717) is 17.5 Å². The van der Waals surface area contributed by atoms with Crippen LogP contribution in [-0.4, -0.2) is 19.9 Å². The number of hydrogen-bond donors (Lipinski definition) is 0. The van der Waals surface area contributed by atoms with Crippen LogP contribution in [0.2, 0.25) is 0 Å². The predicted octanol–water partition coefficient (Wildman–Crippen LogP) is 9.06. The molecule has 0 radical (unpaired) electrons. The Morgan fingerprint density at radius 3 is 1.44 bits per heavy atom. The Balaban J connectivity index is 1.24. The van der Waals surface area contributed by atoms with Gasteiger partial charge < -0.3 is 0 Å². The van der Waals surface area contributed by atoms with E-state index < -0.39 is 0 Å². The summed E-state index contributed by atoms with van der Waals surface area (Å²) in [6.07, 6.45) is 0. The molecule has 194 valence electrons. The fourth-order valence-corrected chi connectivity index (χ4v) is 5.04. The average Bonchev–Trinajstić information content (AvgIpc) is 3.05. The summed E-state index contributed by atoms with van der Waals surface area (Å²) in [4.78, 5) is 19.2. The van der Waals surface area contributed by atoms with E-state index in [2.05, 4.69) is 83.8 Å². The third-order valence-electron chi connectivity index (χ3n) is 7.20. The van der Waals surface area contributed by atoms with Crippen LogP contribution >= 0.6 is 0 Å². The van der Waals surface area contributed by atoms with Crippen LogP contribution in [0.15, 0.2) is 140 Å². The average molecular weight is 527 g/mol. The van der Waals surface area contributed by atoms with Crippen molar-refractivity contribution in [2.24, 2.45) is 0 Å². The maximum atomic E-state index is 4.89. The molecule has 0 spiro atoms. The van der Waals surface area contributed by atoms with E-state index in [9.17, 15) is 0 Å². The number of rotatable bonds is 5. The second-order valence-corrected chi connectivity index (χ2v) is 10.1. The van der Waals surface area contributed by atoms with Crippen molar-refractivity contribution < 1.29 is 0 Å². The second kappa shape index (κ2) is 10.6. The molecule has 0 N–H and O–H groups in total. The van der Waals surface area contributed by atoms with Gasteiger partial charge in [0.25, 0.3) is 0 Å². The molecule has 0 fully saturated rings. The van der Waals surface area contributed by atoms with Crippen LogP contribution in [0.1, 0.15) is 5.69 Å². The fourth-order valence-electron chi connectivity index (χ4n) is 5.04. The fraction of sp³-hybridized carbons (Fsp3) is 0.0270. The molecular formula is C37H26N4. The lowest BCUT2D eigenvalue weighted by Gasteiger charge is -2.10. The van der Waals surface area contributed by atoms with Crippen LogP contribution in [0.25, 0.3) is 67.3 Å². The standard InChI is InChI=1S/C37H26N4/c1-25-15-16-32-23-31(21-22-34(32)38-25)27-19-17-26(18-20-27)30-13-8-14-33(24-30)37-40-35(28-9-4-2-5-10-28)39-36(41-37)29-11-6-3-7-12-29/h2-24H,1H3. The van der Waals surface area contributed by atoms with Gasteiger partial charge in [0.2, 0.25) is 0 Å². The van der Waals surface area contributed by atoms with E-state index in [0.717, 1.165) is 44.4 Å². The predicted molar refractivity (Wildman–Crippen MR) is 167 cm³/mol. The molecular weight excluding hydrogens is 500 g/mol. The van der Waals surface area contributed by atoms with Gasteiger partial charge >= 0.3 is 0 Å².